The maximum Gasteiger partial charge on any atom is 0.349 e. The minimum atomic E-state index is -0.703. The molecule has 3 aromatic rings. The van der Waals surface area contributed by atoms with Gasteiger partial charge in [-0.3, -0.25) is 4.79 Å². The number of ether oxygens (including phenoxy) is 2. The molecule has 1 heterocycles. The fourth-order valence-electron chi connectivity index (χ4n) is 2.74. The molecule has 1 aromatic heterocycles. The van der Waals surface area contributed by atoms with Crippen LogP contribution in [-0.2, 0) is 20.9 Å². The number of anilines is 1. The highest BCUT2D eigenvalue weighted by Gasteiger charge is 2.22. The molecule has 0 saturated carbocycles. The Balaban J connectivity index is 1.74. The molecule has 2 aromatic carbocycles. The number of benzene rings is 2. The van der Waals surface area contributed by atoms with Crippen LogP contribution >= 0.6 is 22.9 Å². The molecule has 0 aliphatic rings. The Bertz CT molecular complexity index is 1050. The average molecular weight is 422 g/mol. The van der Waals surface area contributed by atoms with Gasteiger partial charge < -0.3 is 14.8 Å². The summed E-state index contributed by atoms with van der Waals surface area (Å²) < 4.78 is 25.1. The van der Waals surface area contributed by atoms with Crippen molar-refractivity contribution in [3.05, 3.63) is 63.2 Å². The van der Waals surface area contributed by atoms with E-state index in [1.807, 2.05) is 0 Å². The van der Waals surface area contributed by atoms with Crippen LogP contribution in [0.4, 0.5) is 10.1 Å². The van der Waals surface area contributed by atoms with Crippen LogP contribution in [-0.4, -0.2) is 25.6 Å². The number of carbonyl (C=O) groups is 2. The summed E-state index contributed by atoms with van der Waals surface area (Å²) in [7, 11) is 1.46. The summed E-state index contributed by atoms with van der Waals surface area (Å²) in [5.74, 6) is -1.64. The van der Waals surface area contributed by atoms with Gasteiger partial charge in [-0.2, -0.15) is 0 Å². The van der Waals surface area contributed by atoms with Gasteiger partial charge in [0, 0.05) is 33.5 Å². The van der Waals surface area contributed by atoms with E-state index in [9.17, 15) is 14.0 Å². The fourth-order valence-corrected chi connectivity index (χ4v) is 4.03. The number of nitrogens with one attached hydrogen (secondary N) is 1. The summed E-state index contributed by atoms with van der Waals surface area (Å²) in [4.78, 5) is 24.9. The van der Waals surface area contributed by atoms with Crippen LogP contribution in [0.1, 0.15) is 20.8 Å². The predicted molar refractivity (Wildman–Crippen MR) is 108 cm³/mol. The zero-order valence-corrected chi connectivity index (χ0v) is 16.7. The lowest BCUT2D eigenvalue weighted by atomic mass is 10.1. The Kier molecular flexibility index (Phi) is 6.28. The lowest BCUT2D eigenvalue weighted by Crippen LogP contribution is -2.21. The van der Waals surface area contributed by atoms with Gasteiger partial charge >= 0.3 is 5.97 Å². The number of halogens is 2. The number of amides is 1. The largest absolute Gasteiger partial charge is 0.451 e. The average Bonchev–Trinajstić information content (AvgIpc) is 3.04. The summed E-state index contributed by atoms with van der Waals surface area (Å²) in [6.45, 7) is 1.35. The number of hydrogen-bond donors (Lipinski definition) is 1. The van der Waals surface area contributed by atoms with Crippen molar-refractivity contribution < 1.29 is 23.5 Å². The van der Waals surface area contributed by atoms with Gasteiger partial charge in [0.2, 0.25) is 0 Å². The number of methoxy groups -OCH3 is 1. The standard InChI is InChI=1S/C20H17ClFNO4S/c1-11-13(21)5-3-7-15(11)23-17(24)10-27-20(25)19-12(9-26-2)18-14(22)6-4-8-16(18)28-19/h3-8H,9-10H2,1-2H3,(H,23,24). The number of carbonyl (C=O) groups excluding carboxylic acids is 2. The summed E-state index contributed by atoms with van der Waals surface area (Å²) in [5.41, 5.74) is 1.67. The molecule has 146 valence electrons. The van der Waals surface area contributed by atoms with Gasteiger partial charge in [0.1, 0.15) is 10.7 Å². The molecule has 28 heavy (non-hydrogen) atoms. The molecule has 1 N–H and O–H groups in total. The van der Waals surface area contributed by atoms with E-state index >= 15 is 0 Å². The van der Waals surface area contributed by atoms with Gasteiger partial charge in [0.15, 0.2) is 6.61 Å². The second-order valence-electron chi connectivity index (χ2n) is 5.99. The zero-order valence-electron chi connectivity index (χ0n) is 15.2. The molecule has 8 heteroatoms. The van der Waals surface area contributed by atoms with Crippen LogP contribution in [0, 0.1) is 12.7 Å². The van der Waals surface area contributed by atoms with Crippen LogP contribution < -0.4 is 5.32 Å². The van der Waals surface area contributed by atoms with Crippen molar-refractivity contribution >= 4 is 50.6 Å². The topological polar surface area (TPSA) is 64.6 Å². The van der Waals surface area contributed by atoms with Gasteiger partial charge in [-0.1, -0.05) is 23.7 Å². The Morgan fingerprint density at radius 2 is 1.96 bits per heavy atom. The van der Waals surface area contributed by atoms with Crippen molar-refractivity contribution in [3.8, 4) is 0 Å². The van der Waals surface area contributed by atoms with E-state index in [1.165, 1.54) is 13.2 Å². The highest BCUT2D eigenvalue weighted by atomic mass is 35.5. The summed E-state index contributed by atoms with van der Waals surface area (Å²) in [6.07, 6.45) is 0. The first-order valence-corrected chi connectivity index (χ1v) is 9.52. The Labute approximate surface area is 170 Å². The van der Waals surface area contributed by atoms with E-state index < -0.39 is 24.3 Å². The Morgan fingerprint density at radius 3 is 2.71 bits per heavy atom. The molecule has 0 radical (unpaired) electrons. The van der Waals surface area contributed by atoms with Gasteiger partial charge in [-0.05, 0) is 36.8 Å². The van der Waals surface area contributed by atoms with Crippen LogP contribution in [0.5, 0.6) is 0 Å². The maximum absolute atomic E-state index is 14.2. The molecule has 0 bridgehead atoms. The smallest absolute Gasteiger partial charge is 0.349 e. The van der Waals surface area contributed by atoms with E-state index in [-0.39, 0.29) is 11.5 Å². The first kappa shape index (κ1) is 20.3. The molecule has 5 nitrogen and oxygen atoms in total. The van der Waals surface area contributed by atoms with E-state index in [4.69, 9.17) is 21.1 Å². The van der Waals surface area contributed by atoms with Gasteiger partial charge in [-0.15, -0.1) is 11.3 Å². The molecule has 1 amide bonds. The monoisotopic (exact) mass is 421 g/mol. The number of fused-ring (bicyclic) bond motifs is 1. The van der Waals surface area contributed by atoms with Crippen molar-refractivity contribution in [3.63, 3.8) is 0 Å². The summed E-state index contributed by atoms with van der Waals surface area (Å²) in [6, 6.07) is 9.73. The molecule has 0 fully saturated rings. The van der Waals surface area contributed by atoms with E-state index in [0.717, 1.165) is 11.3 Å². The molecule has 0 aliphatic heterocycles. The molecule has 3 rings (SSSR count). The predicted octanol–water partition coefficient (Wildman–Crippen LogP) is 4.94. The number of rotatable bonds is 6. The lowest BCUT2D eigenvalue weighted by molar-refractivity contribution is -0.119. The highest BCUT2D eigenvalue weighted by molar-refractivity contribution is 7.21. The fraction of sp³-hybridized carbons (Fsp3) is 0.200. The molecule has 0 unspecified atom stereocenters. The lowest BCUT2D eigenvalue weighted by Gasteiger charge is -2.10. The summed E-state index contributed by atoms with van der Waals surface area (Å²) in [5, 5.41) is 3.50. The van der Waals surface area contributed by atoms with Gasteiger partial charge in [0.05, 0.1) is 6.61 Å². The number of thiophene rings is 1. The van der Waals surface area contributed by atoms with Crippen LogP contribution in [0.25, 0.3) is 10.1 Å². The number of esters is 1. The third kappa shape index (κ3) is 4.16. The van der Waals surface area contributed by atoms with Gasteiger partial charge in [0.25, 0.3) is 5.91 Å². The summed E-state index contributed by atoms with van der Waals surface area (Å²) >= 11 is 7.13. The number of hydrogen-bond acceptors (Lipinski definition) is 5. The normalized spacial score (nSPS) is 10.9. The Hall–Kier alpha value is -2.48. The second-order valence-corrected chi connectivity index (χ2v) is 7.45. The van der Waals surface area contributed by atoms with Crippen molar-refractivity contribution in [2.75, 3.05) is 19.0 Å². The zero-order chi connectivity index (χ0) is 20.3. The van der Waals surface area contributed by atoms with Crippen LogP contribution in [0.2, 0.25) is 5.02 Å². The quantitative estimate of drug-likeness (QED) is 0.572. The molecule has 0 saturated heterocycles. The molecule has 0 atom stereocenters. The minimum absolute atomic E-state index is 0.0548. The molecular weight excluding hydrogens is 405 g/mol. The van der Waals surface area contributed by atoms with Gasteiger partial charge in [-0.25, -0.2) is 9.18 Å². The highest BCUT2D eigenvalue weighted by Crippen LogP contribution is 2.34. The van der Waals surface area contributed by atoms with Crippen LogP contribution in [0.15, 0.2) is 36.4 Å². The van der Waals surface area contributed by atoms with Crippen molar-refractivity contribution in [1.29, 1.82) is 0 Å². The molecular formula is C20H17ClFNO4S. The van der Waals surface area contributed by atoms with Crippen LogP contribution in [0.3, 0.4) is 0 Å². The van der Waals surface area contributed by atoms with Crippen molar-refractivity contribution in [2.45, 2.75) is 13.5 Å². The molecule has 0 aliphatic carbocycles. The maximum atomic E-state index is 14.2. The second kappa shape index (κ2) is 8.68. The Morgan fingerprint density at radius 1 is 1.21 bits per heavy atom. The van der Waals surface area contributed by atoms with E-state index in [0.29, 0.717) is 31.9 Å². The third-order valence-electron chi connectivity index (χ3n) is 4.11. The van der Waals surface area contributed by atoms with E-state index in [1.54, 1.807) is 37.3 Å². The molecule has 0 spiro atoms. The first-order chi connectivity index (χ1) is 13.4. The van der Waals surface area contributed by atoms with Crippen molar-refractivity contribution in [1.82, 2.24) is 0 Å². The minimum Gasteiger partial charge on any atom is -0.451 e. The van der Waals surface area contributed by atoms with E-state index in [2.05, 4.69) is 5.32 Å². The SMILES string of the molecule is COCc1c(C(=O)OCC(=O)Nc2cccc(Cl)c2C)sc2cccc(F)c12. The third-order valence-corrected chi connectivity index (χ3v) is 5.70. The van der Waals surface area contributed by atoms with Crippen molar-refractivity contribution in [2.24, 2.45) is 0 Å². The first-order valence-electron chi connectivity index (χ1n) is 8.33.